The van der Waals surface area contributed by atoms with Gasteiger partial charge < -0.3 is 5.32 Å². The van der Waals surface area contributed by atoms with Crippen molar-refractivity contribution in [1.29, 1.82) is 0 Å². The minimum atomic E-state index is -0.443. The highest BCUT2D eigenvalue weighted by atomic mass is 32.2. The lowest BCUT2D eigenvalue weighted by molar-refractivity contribution is -0.384. The van der Waals surface area contributed by atoms with Gasteiger partial charge in [-0.1, -0.05) is 17.7 Å². The van der Waals surface area contributed by atoms with Crippen molar-refractivity contribution in [2.45, 2.75) is 18.7 Å². The van der Waals surface area contributed by atoms with Crippen LogP contribution >= 0.6 is 11.8 Å². The Labute approximate surface area is 132 Å². The van der Waals surface area contributed by atoms with E-state index in [0.29, 0.717) is 0 Å². The van der Waals surface area contributed by atoms with E-state index in [2.05, 4.69) is 5.32 Å². The Morgan fingerprint density at radius 1 is 1.18 bits per heavy atom. The van der Waals surface area contributed by atoms with Gasteiger partial charge in [0.05, 0.1) is 10.7 Å². The topological polar surface area (TPSA) is 72.2 Å². The van der Waals surface area contributed by atoms with Gasteiger partial charge in [-0.15, -0.1) is 11.8 Å². The van der Waals surface area contributed by atoms with E-state index in [1.54, 1.807) is 12.1 Å². The zero-order chi connectivity index (χ0) is 16.1. The van der Waals surface area contributed by atoms with Crippen LogP contribution in [0.2, 0.25) is 0 Å². The maximum Gasteiger partial charge on any atom is 0.269 e. The van der Waals surface area contributed by atoms with Crippen LogP contribution in [0, 0.1) is 24.0 Å². The molecule has 2 aromatic rings. The number of nitro groups is 1. The Hall–Kier alpha value is -2.34. The Kier molecular flexibility index (Phi) is 5.16. The number of aryl methyl sites for hydroxylation is 2. The third-order valence-electron chi connectivity index (χ3n) is 3.07. The molecule has 6 heteroatoms. The summed E-state index contributed by atoms with van der Waals surface area (Å²) in [5.41, 5.74) is 3.02. The van der Waals surface area contributed by atoms with Crippen molar-refractivity contribution in [2.24, 2.45) is 0 Å². The molecule has 0 unspecified atom stereocenters. The number of amides is 1. The van der Waals surface area contributed by atoms with Crippen LogP contribution in [0.15, 0.2) is 47.4 Å². The van der Waals surface area contributed by atoms with Gasteiger partial charge in [-0.05, 0) is 37.6 Å². The van der Waals surface area contributed by atoms with Gasteiger partial charge in [0, 0.05) is 22.7 Å². The Morgan fingerprint density at radius 2 is 1.86 bits per heavy atom. The number of hydrogen-bond acceptors (Lipinski definition) is 4. The van der Waals surface area contributed by atoms with Crippen molar-refractivity contribution >= 4 is 29.0 Å². The highest BCUT2D eigenvalue weighted by molar-refractivity contribution is 8.00. The molecule has 0 fully saturated rings. The van der Waals surface area contributed by atoms with E-state index in [1.807, 2.05) is 32.0 Å². The molecule has 0 spiro atoms. The first-order valence-corrected chi connectivity index (χ1v) is 7.68. The molecule has 0 radical (unpaired) electrons. The normalized spacial score (nSPS) is 10.3. The van der Waals surface area contributed by atoms with Gasteiger partial charge in [0.1, 0.15) is 0 Å². The summed E-state index contributed by atoms with van der Waals surface area (Å²) in [6.07, 6.45) is 0. The SMILES string of the molecule is Cc1ccc(NC(=O)CSc2ccc([N+](=O)[O-])cc2)c(C)c1. The number of thioether (sulfide) groups is 1. The van der Waals surface area contributed by atoms with Crippen molar-refractivity contribution in [3.8, 4) is 0 Å². The fourth-order valence-electron chi connectivity index (χ4n) is 1.95. The van der Waals surface area contributed by atoms with Gasteiger partial charge >= 0.3 is 0 Å². The van der Waals surface area contributed by atoms with E-state index in [0.717, 1.165) is 21.7 Å². The monoisotopic (exact) mass is 316 g/mol. The number of anilines is 1. The fraction of sp³-hybridized carbons (Fsp3) is 0.188. The smallest absolute Gasteiger partial charge is 0.269 e. The molecule has 0 aliphatic carbocycles. The van der Waals surface area contributed by atoms with Gasteiger partial charge in [0.2, 0.25) is 5.91 Å². The minimum Gasteiger partial charge on any atom is -0.325 e. The molecule has 2 rings (SSSR count). The summed E-state index contributed by atoms with van der Waals surface area (Å²) in [6, 6.07) is 12.0. The number of nitrogens with one attached hydrogen (secondary N) is 1. The van der Waals surface area contributed by atoms with Crippen LogP contribution in [-0.2, 0) is 4.79 Å². The van der Waals surface area contributed by atoms with Gasteiger partial charge in [-0.25, -0.2) is 0 Å². The molecule has 0 aliphatic heterocycles. The van der Waals surface area contributed by atoms with Crippen LogP contribution in [0.3, 0.4) is 0 Å². The predicted molar refractivity (Wildman–Crippen MR) is 88.4 cm³/mol. The van der Waals surface area contributed by atoms with Crippen LogP contribution in [0.5, 0.6) is 0 Å². The summed E-state index contributed by atoms with van der Waals surface area (Å²) in [5, 5.41) is 13.4. The van der Waals surface area contributed by atoms with Crippen molar-refractivity contribution in [1.82, 2.24) is 0 Å². The fourth-order valence-corrected chi connectivity index (χ4v) is 2.65. The number of rotatable bonds is 5. The maximum absolute atomic E-state index is 12.0. The zero-order valence-corrected chi connectivity index (χ0v) is 13.1. The van der Waals surface area contributed by atoms with E-state index < -0.39 is 4.92 Å². The molecule has 0 aromatic heterocycles. The Morgan fingerprint density at radius 3 is 2.45 bits per heavy atom. The highest BCUT2D eigenvalue weighted by Gasteiger charge is 2.08. The number of nitro benzene ring substituents is 1. The second kappa shape index (κ2) is 7.09. The van der Waals surface area contributed by atoms with E-state index in [-0.39, 0.29) is 17.3 Å². The van der Waals surface area contributed by atoms with E-state index in [1.165, 1.54) is 23.9 Å². The predicted octanol–water partition coefficient (Wildman–Crippen LogP) is 3.94. The molecule has 1 N–H and O–H groups in total. The highest BCUT2D eigenvalue weighted by Crippen LogP contribution is 2.22. The number of benzene rings is 2. The van der Waals surface area contributed by atoms with E-state index in [4.69, 9.17) is 0 Å². The van der Waals surface area contributed by atoms with Crippen LogP contribution in [-0.4, -0.2) is 16.6 Å². The molecule has 0 aliphatic rings. The molecule has 0 saturated heterocycles. The lowest BCUT2D eigenvalue weighted by Crippen LogP contribution is -2.14. The van der Waals surface area contributed by atoms with Crippen molar-refractivity contribution in [3.63, 3.8) is 0 Å². The molecule has 114 valence electrons. The second-order valence-corrected chi connectivity index (χ2v) is 5.95. The number of nitrogens with zero attached hydrogens (tertiary/aromatic N) is 1. The summed E-state index contributed by atoms with van der Waals surface area (Å²) in [6.45, 7) is 3.95. The number of carbonyl (C=O) groups excluding carboxylic acids is 1. The van der Waals surface area contributed by atoms with Gasteiger partial charge in [-0.2, -0.15) is 0 Å². The average molecular weight is 316 g/mol. The second-order valence-electron chi connectivity index (χ2n) is 4.91. The van der Waals surface area contributed by atoms with Crippen molar-refractivity contribution in [2.75, 3.05) is 11.1 Å². The third-order valence-corrected chi connectivity index (χ3v) is 4.09. The quantitative estimate of drug-likeness (QED) is 0.515. The first kappa shape index (κ1) is 16.0. The van der Waals surface area contributed by atoms with Crippen LogP contribution in [0.25, 0.3) is 0 Å². The largest absolute Gasteiger partial charge is 0.325 e. The van der Waals surface area contributed by atoms with Gasteiger partial charge in [0.15, 0.2) is 0 Å². The molecular formula is C16H16N2O3S. The summed E-state index contributed by atoms with van der Waals surface area (Å²) < 4.78 is 0. The average Bonchev–Trinajstić information content (AvgIpc) is 2.48. The maximum atomic E-state index is 12.0. The molecule has 0 saturated carbocycles. The molecule has 0 heterocycles. The molecular weight excluding hydrogens is 300 g/mol. The number of hydrogen-bond donors (Lipinski definition) is 1. The molecule has 1 amide bonds. The molecule has 0 bridgehead atoms. The number of carbonyl (C=O) groups is 1. The lowest BCUT2D eigenvalue weighted by atomic mass is 10.1. The Balaban J connectivity index is 1.91. The third kappa shape index (κ3) is 4.33. The van der Waals surface area contributed by atoms with Crippen molar-refractivity contribution < 1.29 is 9.72 Å². The van der Waals surface area contributed by atoms with Crippen LogP contribution < -0.4 is 5.32 Å². The summed E-state index contributed by atoms with van der Waals surface area (Å²) in [5.74, 6) is 0.154. The van der Waals surface area contributed by atoms with Crippen molar-refractivity contribution in [3.05, 3.63) is 63.7 Å². The lowest BCUT2D eigenvalue weighted by Gasteiger charge is -2.09. The molecule has 2 aromatic carbocycles. The summed E-state index contributed by atoms with van der Waals surface area (Å²) >= 11 is 1.34. The Bertz CT molecular complexity index is 699. The summed E-state index contributed by atoms with van der Waals surface area (Å²) in [4.78, 5) is 22.9. The van der Waals surface area contributed by atoms with Gasteiger partial charge in [-0.3, -0.25) is 14.9 Å². The molecule has 22 heavy (non-hydrogen) atoms. The van der Waals surface area contributed by atoms with Crippen LogP contribution in [0.4, 0.5) is 11.4 Å². The van der Waals surface area contributed by atoms with E-state index >= 15 is 0 Å². The van der Waals surface area contributed by atoms with E-state index in [9.17, 15) is 14.9 Å². The molecule has 0 atom stereocenters. The standard InChI is InChI=1S/C16H16N2O3S/c1-11-3-8-15(12(2)9-11)17-16(19)10-22-14-6-4-13(5-7-14)18(20)21/h3-9H,10H2,1-2H3,(H,17,19). The first-order chi connectivity index (χ1) is 10.5. The minimum absolute atomic E-state index is 0.0454. The molecule has 5 nitrogen and oxygen atoms in total. The zero-order valence-electron chi connectivity index (χ0n) is 12.3. The first-order valence-electron chi connectivity index (χ1n) is 6.70. The number of non-ortho nitro benzene ring substituents is 1. The summed E-state index contributed by atoms with van der Waals surface area (Å²) in [7, 11) is 0. The van der Waals surface area contributed by atoms with Gasteiger partial charge in [0.25, 0.3) is 5.69 Å². The van der Waals surface area contributed by atoms with Crippen LogP contribution in [0.1, 0.15) is 11.1 Å².